The van der Waals surface area contributed by atoms with E-state index in [0.717, 1.165) is 16.9 Å². The van der Waals surface area contributed by atoms with E-state index in [2.05, 4.69) is 9.97 Å². The molecular weight excluding hydrogens is 374 g/mol. The molecule has 0 fully saturated rings. The van der Waals surface area contributed by atoms with E-state index in [1.165, 1.54) is 7.11 Å². The number of esters is 1. The lowest BCUT2D eigenvalue weighted by atomic mass is 10.1. The SMILES string of the molecule is COC(=O)c1sc2nc(/C(Cl)=C/c3ccc(C#N)cc3)[nH]c(=O)c2c1C. The Kier molecular flexibility index (Phi) is 4.89. The molecule has 3 rings (SSSR count). The molecule has 1 aromatic carbocycles. The van der Waals surface area contributed by atoms with Crippen molar-refractivity contribution in [3.05, 3.63) is 62.0 Å². The van der Waals surface area contributed by atoms with Gasteiger partial charge in [0.25, 0.3) is 5.56 Å². The number of aromatic amines is 1. The maximum atomic E-state index is 12.4. The highest BCUT2D eigenvalue weighted by Crippen LogP contribution is 2.29. The normalized spacial score (nSPS) is 11.4. The second kappa shape index (κ2) is 7.12. The molecular formula is C18H12ClN3O3S. The van der Waals surface area contributed by atoms with Gasteiger partial charge in [-0.1, -0.05) is 23.7 Å². The van der Waals surface area contributed by atoms with Crippen LogP contribution in [0.5, 0.6) is 0 Å². The van der Waals surface area contributed by atoms with E-state index >= 15 is 0 Å². The van der Waals surface area contributed by atoms with Crippen LogP contribution in [0.2, 0.25) is 0 Å². The monoisotopic (exact) mass is 385 g/mol. The first-order chi connectivity index (χ1) is 12.4. The lowest BCUT2D eigenvalue weighted by Gasteiger charge is -2.00. The summed E-state index contributed by atoms with van der Waals surface area (Å²) in [5, 5.41) is 9.41. The maximum absolute atomic E-state index is 12.4. The summed E-state index contributed by atoms with van der Waals surface area (Å²) in [6.07, 6.45) is 1.63. The van der Waals surface area contributed by atoms with Crippen LogP contribution in [0.4, 0.5) is 0 Å². The summed E-state index contributed by atoms with van der Waals surface area (Å²) in [6.45, 7) is 1.68. The van der Waals surface area contributed by atoms with Crippen molar-refractivity contribution in [3.63, 3.8) is 0 Å². The number of thiophene rings is 1. The Labute approximate surface area is 157 Å². The van der Waals surface area contributed by atoms with Crippen molar-refractivity contribution in [2.24, 2.45) is 0 Å². The minimum absolute atomic E-state index is 0.200. The van der Waals surface area contributed by atoms with Crippen molar-refractivity contribution in [1.29, 1.82) is 5.26 Å². The highest BCUT2D eigenvalue weighted by molar-refractivity contribution is 7.20. The van der Waals surface area contributed by atoms with Crippen molar-refractivity contribution in [2.45, 2.75) is 6.92 Å². The largest absolute Gasteiger partial charge is 0.465 e. The van der Waals surface area contributed by atoms with Crippen LogP contribution >= 0.6 is 22.9 Å². The number of H-pyrrole nitrogens is 1. The van der Waals surface area contributed by atoms with Crippen LogP contribution < -0.4 is 5.56 Å². The van der Waals surface area contributed by atoms with E-state index in [4.69, 9.17) is 21.6 Å². The fourth-order valence-corrected chi connectivity index (χ4v) is 3.73. The van der Waals surface area contributed by atoms with Crippen LogP contribution in [0.15, 0.2) is 29.1 Å². The van der Waals surface area contributed by atoms with Crippen molar-refractivity contribution >= 4 is 50.2 Å². The van der Waals surface area contributed by atoms with E-state index < -0.39 is 5.97 Å². The maximum Gasteiger partial charge on any atom is 0.348 e. The fourth-order valence-electron chi connectivity index (χ4n) is 2.41. The van der Waals surface area contributed by atoms with E-state index in [0.29, 0.717) is 26.2 Å². The average molecular weight is 386 g/mol. The molecule has 0 aliphatic rings. The molecule has 0 saturated carbocycles. The lowest BCUT2D eigenvalue weighted by Crippen LogP contribution is -2.10. The van der Waals surface area contributed by atoms with Gasteiger partial charge in [-0.05, 0) is 36.3 Å². The van der Waals surface area contributed by atoms with Gasteiger partial charge in [-0.25, -0.2) is 9.78 Å². The third-order valence-electron chi connectivity index (χ3n) is 3.73. The first kappa shape index (κ1) is 17.9. The van der Waals surface area contributed by atoms with Crippen molar-refractivity contribution in [2.75, 3.05) is 7.11 Å². The molecule has 0 saturated heterocycles. The summed E-state index contributed by atoms with van der Waals surface area (Å²) in [6, 6.07) is 8.85. The molecule has 0 aliphatic heterocycles. The number of nitrogens with one attached hydrogen (secondary N) is 1. The van der Waals surface area contributed by atoms with E-state index in [1.54, 1.807) is 37.3 Å². The third kappa shape index (κ3) is 3.25. The van der Waals surface area contributed by atoms with Gasteiger partial charge in [0, 0.05) is 0 Å². The van der Waals surface area contributed by atoms with Crippen LogP contribution in [-0.2, 0) is 4.74 Å². The van der Waals surface area contributed by atoms with Crippen molar-refractivity contribution in [1.82, 2.24) is 9.97 Å². The zero-order valence-corrected chi connectivity index (χ0v) is 15.4. The quantitative estimate of drug-likeness (QED) is 0.693. The minimum atomic E-state index is -0.509. The zero-order valence-electron chi connectivity index (χ0n) is 13.8. The summed E-state index contributed by atoms with van der Waals surface area (Å²) < 4.78 is 4.73. The molecule has 130 valence electrons. The Hall–Kier alpha value is -2.95. The number of halogens is 1. The van der Waals surface area contributed by atoms with Crippen LogP contribution in [0.3, 0.4) is 0 Å². The minimum Gasteiger partial charge on any atom is -0.465 e. The number of rotatable bonds is 3. The smallest absolute Gasteiger partial charge is 0.348 e. The molecule has 0 radical (unpaired) electrons. The van der Waals surface area contributed by atoms with Crippen LogP contribution in [0.1, 0.15) is 32.2 Å². The zero-order chi connectivity index (χ0) is 18.8. The topological polar surface area (TPSA) is 95.8 Å². The number of nitrogens with zero attached hydrogens (tertiary/aromatic N) is 2. The number of carbonyl (C=O) groups is 1. The molecule has 1 N–H and O–H groups in total. The number of fused-ring (bicyclic) bond motifs is 1. The summed E-state index contributed by atoms with van der Waals surface area (Å²) in [7, 11) is 1.28. The Bertz CT molecular complexity index is 1140. The van der Waals surface area contributed by atoms with E-state index in [9.17, 15) is 9.59 Å². The molecule has 0 bridgehead atoms. The second-order valence-electron chi connectivity index (χ2n) is 5.37. The molecule has 8 heteroatoms. The second-order valence-corrected chi connectivity index (χ2v) is 6.77. The van der Waals surface area contributed by atoms with Crippen LogP contribution in [0, 0.1) is 18.3 Å². The van der Waals surface area contributed by atoms with Crippen LogP contribution in [-0.4, -0.2) is 23.0 Å². The molecule has 2 aromatic heterocycles. The number of ether oxygens (including phenoxy) is 1. The van der Waals surface area contributed by atoms with Gasteiger partial charge in [-0.2, -0.15) is 5.26 Å². The van der Waals surface area contributed by atoms with Gasteiger partial charge in [0.1, 0.15) is 9.71 Å². The van der Waals surface area contributed by atoms with Gasteiger partial charge in [0.2, 0.25) is 0 Å². The number of benzene rings is 1. The first-order valence-electron chi connectivity index (χ1n) is 7.44. The van der Waals surface area contributed by atoms with Gasteiger partial charge in [0.15, 0.2) is 5.82 Å². The summed E-state index contributed by atoms with van der Waals surface area (Å²) in [5.41, 5.74) is 1.45. The van der Waals surface area contributed by atoms with Gasteiger partial charge in [0.05, 0.1) is 29.2 Å². The molecule has 0 amide bonds. The number of aryl methyl sites for hydroxylation is 1. The predicted octanol–water partition coefficient (Wildman–Crippen LogP) is 3.69. The number of methoxy groups -OCH3 is 1. The molecule has 3 aromatic rings. The highest BCUT2D eigenvalue weighted by atomic mass is 35.5. The van der Waals surface area contributed by atoms with Crippen molar-refractivity contribution in [3.8, 4) is 6.07 Å². The molecule has 0 aliphatic carbocycles. The fraction of sp³-hybridized carbons (Fsp3) is 0.111. The standard InChI is InChI=1S/C18H12ClN3O3S/c1-9-13-16(23)21-15(22-17(13)26-14(9)18(24)25-2)12(19)7-10-3-5-11(8-20)6-4-10/h3-7H,1-2H3,(H,21,22,23)/b12-7-. The third-order valence-corrected chi connectivity index (χ3v) is 5.18. The van der Waals surface area contributed by atoms with Crippen molar-refractivity contribution < 1.29 is 9.53 Å². The van der Waals surface area contributed by atoms with Crippen LogP contribution in [0.25, 0.3) is 21.3 Å². The first-order valence-corrected chi connectivity index (χ1v) is 8.63. The Morgan fingerprint density at radius 2 is 2.08 bits per heavy atom. The number of carbonyl (C=O) groups excluding carboxylic acids is 1. The molecule has 26 heavy (non-hydrogen) atoms. The number of hydrogen-bond donors (Lipinski definition) is 1. The van der Waals surface area contributed by atoms with Gasteiger partial charge < -0.3 is 9.72 Å². The molecule has 0 atom stereocenters. The summed E-state index contributed by atoms with van der Waals surface area (Å²) in [4.78, 5) is 32.0. The van der Waals surface area contributed by atoms with Gasteiger partial charge in [-0.3, -0.25) is 4.79 Å². The van der Waals surface area contributed by atoms with Gasteiger partial charge >= 0.3 is 5.97 Å². The highest BCUT2D eigenvalue weighted by Gasteiger charge is 2.20. The predicted molar refractivity (Wildman–Crippen MR) is 101 cm³/mol. The van der Waals surface area contributed by atoms with E-state index in [-0.39, 0.29) is 16.4 Å². The molecule has 0 spiro atoms. The lowest BCUT2D eigenvalue weighted by molar-refractivity contribution is 0.0605. The Balaban J connectivity index is 2.07. The molecule has 0 unspecified atom stereocenters. The van der Waals surface area contributed by atoms with E-state index in [1.807, 2.05) is 6.07 Å². The number of aromatic nitrogens is 2. The average Bonchev–Trinajstić information content (AvgIpc) is 2.98. The summed E-state index contributed by atoms with van der Waals surface area (Å²) >= 11 is 7.39. The summed E-state index contributed by atoms with van der Waals surface area (Å²) in [5.74, 6) is -0.308. The Morgan fingerprint density at radius 1 is 1.38 bits per heavy atom. The number of hydrogen-bond acceptors (Lipinski definition) is 6. The number of nitriles is 1. The Morgan fingerprint density at radius 3 is 2.69 bits per heavy atom. The van der Waals surface area contributed by atoms with Gasteiger partial charge in [-0.15, -0.1) is 11.3 Å². The molecule has 6 nitrogen and oxygen atoms in total. The molecule has 2 heterocycles.